The van der Waals surface area contributed by atoms with Gasteiger partial charge in [-0.15, -0.1) is 0 Å². The summed E-state index contributed by atoms with van der Waals surface area (Å²) in [6.45, 7) is 8.93. The van der Waals surface area contributed by atoms with E-state index in [1.54, 1.807) is 0 Å². The van der Waals surface area contributed by atoms with Crippen molar-refractivity contribution in [3.05, 3.63) is 29.3 Å². The van der Waals surface area contributed by atoms with Gasteiger partial charge in [0.15, 0.2) is 0 Å². The first kappa shape index (κ1) is 13.0. The molecule has 0 spiro atoms. The molecular formula is C16H22N2. The highest BCUT2D eigenvalue weighted by molar-refractivity contribution is 5.54. The van der Waals surface area contributed by atoms with E-state index in [9.17, 15) is 0 Å². The predicted octanol–water partition coefficient (Wildman–Crippen LogP) is 3.88. The van der Waals surface area contributed by atoms with Crippen LogP contribution in [0.25, 0.3) is 0 Å². The van der Waals surface area contributed by atoms with Crippen LogP contribution in [0.5, 0.6) is 0 Å². The van der Waals surface area contributed by atoms with Crippen molar-refractivity contribution in [1.82, 2.24) is 0 Å². The molecule has 1 heterocycles. The van der Waals surface area contributed by atoms with E-state index in [2.05, 4.69) is 36.9 Å². The van der Waals surface area contributed by atoms with Crippen LogP contribution >= 0.6 is 0 Å². The normalized spacial score (nSPS) is 17.8. The second-order valence-corrected chi connectivity index (χ2v) is 5.49. The van der Waals surface area contributed by atoms with Crippen LogP contribution in [-0.4, -0.2) is 13.1 Å². The molecule has 0 saturated carbocycles. The number of benzene rings is 1. The van der Waals surface area contributed by atoms with Crippen molar-refractivity contribution in [3.8, 4) is 6.07 Å². The highest BCUT2D eigenvalue weighted by atomic mass is 15.2. The van der Waals surface area contributed by atoms with E-state index in [4.69, 9.17) is 5.26 Å². The van der Waals surface area contributed by atoms with Gasteiger partial charge in [0.25, 0.3) is 0 Å². The summed E-state index contributed by atoms with van der Waals surface area (Å²) in [4.78, 5) is 2.47. The summed E-state index contributed by atoms with van der Waals surface area (Å²) in [5.41, 5.74) is 3.65. The van der Waals surface area contributed by atoms with Crippen LogP contribution in [0, 0.1) is 23.7 Å². The maximum Gasteiger partial charge on any atom is 0.0994 e. The van der Waals surface area contributed by atoms with Gasteiger partial charge in [0.1, 0.15) is 0 Å². The molecule has 18 heavy (non-hydrogen) atoms. The molecule has 2 rings (SSSR count). The molecule has 1 fully saturated rings. The number of hydrogen-bond acceptors (Lipinski definition) is 2. The van der Waals surface area contributed by atoms with Gasteiger partial charge in [-0.25, -0.2) is 0 Å². The van der Waals surface area contributed by atoms with Crippen LogP contribution in [0.15, 0.2) is 18.2 Å². The van der Waals surface area contributed by atoms with E-state index < -0.39 is 0 Å². The van der Waals surface area contributed by atoms with E-state index in [1.807, 2.05) is 13.0 Å². The van der Waals surface area contributed by atoms with E-state index >= 15 is 0 Å². The van der Waals surface area contributed by atoms with Crippen molar-refractivity contribution in [2.45, 2.75) is 40.0 Å². The Bertz CT molecular complexity index is 466. The third kappa shape index (κ3) is 2.22. The highest BCUT2D eigenvalue weighted by Gasteiger charge is 2.34. The number of anilines is 1. The fourth-order valence-corrected chi connectivity index (χ4v) is 2.95. The zero-order valence-corrected chi connectivity index (χ0v) is 11.7. The molecule has 0 radical (unpaired) electrons. The largest absolute Gasteiger partial charge is 0.371 e. The van der Waals surface area contributed by atoms with Gasteiger partial charge < -0.3 is 4.90 Å². The molecule has 1 aromatic rings. The van der Waals surface area contributed by atoms with E-state index in [-0.39, 0.29) is 0 Å². The third-order valence-electron chi connectivity index (χ3n) is 4.63. The van der Waals surface area contributed by atoms with Crippen LogP contribution in [0.2, 0.25) is 0 Å². The zero-order valence-electron chi connectivity index (χ0n) is 11.7. The minimum atomic E-state index is 0.502. The molecule has 96 valence electrons. The minimum Gasteiger partial charge on any atom is -0.371 e. The quantitative estimate of drug-likeness (QED) is 0.804. The van der Waals surface area contributed by atoms with Crippen molar-refractivity contribution in [2.24, 2.45) is 5.41 Å². The first-order valence-corrected chi connectivity index (χ1v) is 6.90. The molecule has 1 aliphatic rings. The van der Waals surface area contributed by atoms with Gasteiger partial charge >= 0.3 is 0 Å². The first-order chi connectivity index (χ1) is 8.64. The van der Waals surface area contributed by atoms with Crippen molar-refractivity contribution in [3.63, 3.8) is 0 Å². The van der Waals surface area contributed by atoms with Crippen molar-refractivity contribution < 1.29 is 0 Å². The van der Waals surface area contributed by atoms with Crippen molar-refractivity contribution >= 4 is 5.69 Å². The fourth-order valence-electron chi connectivity index (χ4n) is 2.95. The molecule has 1 aromatic carbocycles. The Balaban J connectivity index is 2.20. The Labute approximate surface area is 110 Å². The Morgan fingerprint density at radius 3 is 2.56 bits per heavy atom. The molecule has 0 bridgehead atoms. The molecule has 2 nitrogen and oxygen atoms in total. The summed E-state index contributed by atoms with van der Waals surface area (Å²) in [5.74, 6) is 0. The maximum atomic E-state index is 8.97. The lowest BCUT2D eigenvalue weighted by Crippen LogP contribution is -2.26. The van der Waals surface area contributed by atoms with E-state index in [0.717, 1.165) is 24.2 Å². The van der Waals surface area contributed by atoms with Crippen molar-refractivity contribution in [1.29, 1.82) is 5.26 Å². The molecular weight excluding hydrogens is 220 g/mol. The second kappa shape index (κ2) is 5.02. The molecule has 1 aliphatic heterocycles. The molecule has 0 unspecified atom stereocenters. The Hall–Kier alpha value is -1.49. The lowest BCUT2D eigenvalue weighted by atomic mass is 9.82. The van der Waals surface area contributed by atoms with Crippen LogP contribution in [0.4, 0.5) is 5.69 Å². The molecule has 0 atom stereocenters. The molecule has 0 aromatic heterocycles. The highest BCUT2D eigenvalue weighted by Crippen LogP contribution is 2.39. The SMILES string of the molecule is CCC1(CC)CCN(c2ccc(C#N)c(C)c2)C1. The van der Waals surface area contributed by atoms with Gasteiger partial charge in [-0.3, -0.25) is 0 Å². The van der Waals surface area contributed by atoms with E-state index in [0.29, 0.717) is 5.41 Å². The smallest absolute Gasteiger partial charge is 0.0994 e. The summed E-state index contributed by atoms with van der Waals surface area (Å²) in [6, 6.07) is 8.42. The Morgan fingerprint density at radius 2 is 2.06 bits per heavy atom. The lowest BCUT2D eigenvalue weighted by molar-refractivity contribution is 0.301. The topological polar surface area (TPSA) is 27.0 Å². The van der Waals surface area contributed by atoms with Crippen molar-refractivity contribution in [2.75, 3.05) is 18.0 Å². The Morgan fingerprint density at radius 1 is 1.33 bits per heavy atom. The fraction of sp³-hybridized carbons (Fsp3) is 0.562. The van der Waals surface area contributed by atoms with Crippen LogP contribution in [0.3, 0.4) is 0 Å². The third-order valence-corrected chi connectivity index (χ3v) is 4.63. The van der Waals surface area contributed by atoms with Crippen LogP contribution in [0.1, 0.15) is 44.2 Å². The average Bonchev–Trinajstić information content (AvgIpc) is 2.84. The number of aryl methyl sites for hydroxylation is 1. The average molecular weight is 242 g/mol. The van der Waals surface area contributed by atoms with Gasteiger partial charge in [-0.2, -0.15) is 5.26 Å². The predicted molar refractivity (Wildman–Crippen MR) is 75.7 cm³/mol. The minimum absolute atomic E-state index is 0.502. The first-order valence-electron chi connectivity index (χ1n) is 6.90. The lowest BCUT2D eigenvalue weighted by Gasteiger charge is -2.27. The number of hydrogen-bond donors (Lipinski definition) is 0. The zero-order chi connectivity index (χ0) is 13.2. The summed E-state index contributed by atoms with van der Waals surface area (Å²) < 4.78 is 0. The number of rotatable bonds is 3. The summed E-state index contributed by atoms with van der Waals surface area (Å²) >= 11 is 0. The Kier molecular flexibility index (Phi) is 3.61. The molecule has 0 aliphatic carbocycles. The standard InChI is InChI=1S/C16H22N2/c1-4-16(5-2)8-9-18(12-16)15-7-6-14(11-17)13(3)10-15/h6-7,10H,4-5,8-9,12H2,1-3H3. The van der Waals surface area contributed by atoms with Gasteiger partial charge in [0.2, 0.25) is 0 Å². The van der Waals surface area contributed by atoms with Gasteiger partial charge in [0, 0.05) is 18.8 Å². The summed E-state index contributed by atoms with van der Waals surface area (Å²) in [6.07, 6.45) is 3.81. The van der Waals surface area contributed by atoms with Gasteiger partial charge in [0.05, 0.1) is 11.6 Å². The van der Waals surface area contributed by atoms with Crippen LogP contribution < -0.4 is 4.90 Å². The summed E-state index contributed by atoms with van der Waals surface area (Å²) in [7, 11) is 0. The number of nitrogens with zero attached hydrogens (tertiary/aromatic N) is 2. The molecule has 0 amide bonds. The summed E-state index contributed by atoms with van der Waals surface area (Å²) in [5, 5.41) is 8.97. The van der Waals surface area contributed by atoms with Crippen LogP contribution in [-0.2, 0) is 0 Å². The van der Waals surface area contributed by atoms with E-state index in [1.165, 1.54) is 24.9 Å². The maximum absolute atomic E-state index is 8.97. The second-order valence-electron chi connectivity index (χ2n) is 5.49. The monoisotopic (exact) mass is 242 g/mol. The van der Waals surface area contributed by atoms with Gasteiger partial charge in [-0.05, 0) is 55.4 Å². The molecule has 0 N–H and O–H groups in total. The molecule has 1 saturated heterocycles. The van der Waals surface area contributed by atoms with Gasteiger partial charge in [-0.1, -0.05) is 13.8 Å². The molecule has 2 heteroatoms. The number of nitriles is 1.